The van der Waals surface area contributed by atoms with Crippen molar-refractivity contribution in [3.8, 4) is 28.8 Å². The summed E-state index contributed by atoms with van der Waals surface area (Å²) in [6, 6.07) is 16.8. The first-order chi connectivity index (χ1) is 14.5. The number of nitrogens with zero attached hydrogens (tertiary/aromatic N) is 2. The average Bonchev–Trinajstić information content (AvgIpc) is 3.12. The molecule has 152 valence electrons. The molecule has 1 amide bonds. The third-order valence-corrected chi connectivity index (χ3v) is 5.15. The topological polar surface area (TPSA) is 84.2 Å². The largest absolute Gasteiger partial charge is 0.496 e. The second kappa shape index (κ2) is 9.72. The van der Waals surface area contributed by atoms with E-state index in [-0.39, 0.29) is 5.57 Å². The van der Waals surface area contributed by atoms with Crippen LogP contribution >= 0.6 is 11.3 Å². The Kier molecular flexibility index (Phi) is 6.83. The molecule has 0 fully saturated rings. The third kappa shape index (κ3) is 4.85. The standard InChI is InChI=1S/C23H21N3O3S/c1-4-29-19-11-9-16(10-12-19)21-15(2)30-23(25-21)26-22(27)18(14-24)13-17-7-5-6-8-20(17)28-3/h5-13H,4H2,1-3H3,(H,25,26,27)/b18-13+. The minimum atomic E-state index is -0.518. The van der Waals surface area contributed by atoms with Crippen LogP contribution in [0, 0.1) is 18.3 Å². The van der Waals surface area contributed by atoms with E-state index in [9.17, 15) is 10.1 Å². The normalized spacial score (nSPS) is 10.9. The van der Waals surface area contributed by atoms with Gasteiger partial charge in [-0.2, -0.15) is 5.26 Å². The van der Waals surface area contributed by atoms with Gasteiger partial charge in [-0.3, -0.25) is 10.1 Å². The lowest BCUT2D eigenvalue weighted by molar-refractivity contribution is -0.112. The maximum Gasteiger partial charge on any atom is 0.268 e. The fraction of sp³-hybridized carbons (Fsp3) is 0.174. The number of carbonyl (C=O) groups excluding carboxylic acids is 1. The monoisotopic (exact) mass is 419 g/mol. The molecule has 0 atom stereocenters. The molecule has 3 rings (SSSR count). The molecule has 0 radical (unpaired) electrons. The number of methoxy groups -OCH3 is 1. The van der Waals surface area contributed by atoms with Gasteiger partial charge in [-0.1, -0.05) is 18.2 Å². The maximum absolute atomic E-state index is 12.6. The molecule has 6 nitrogen and oxygen atoms in total. The van der Waals surface area contributed by atoms with E-state index < -0.39 is 5.91 Å². The van der Waals surface area contributed by atoms with Crippen LogP contribution in [0.5, 0.6) is 11.5 Å². The van der Waals surface area contributed by atoms with Crippen molar-refractivity contribution in [1.82, 2.24) is 4.98 Å². The molecule has 0 spiro atoms. The zero-order chi connectivity index (χ0) is 21.5. The highest BCUT2D eigenvalue weighted by Crippen LogP contribution is 2.31. The lowest BCUT2D eigenvalue weighted by atomic mass is 10.1. The molecule has 0 saturated carbocycles. The van der Waals surface area contributed by atoms with Gasteiger partial charge in [0.05, 0.1) is 19.4 Å². The second-order valence-electron chi connectivity index (χ2n) is 6.25. The number of nitrogens with one attached hydrogen (secondary N) is 1. The Morgan fingerprint density at radius 3 is 2.63 bits per heavy atom. The number of nitriles is 1. The van der Waals surface area contributed by atoms with Gasteiger partial charge in [-0.05, 0) is 50.3 Å². The van der Waals surface area contributed by atoms with Crippen LogP contribution in [0.1, 0.15) is 17.4 Å². The molecule has 3 aromatic rings. The number of ether oxygens (including phenoxy) is 2. The molecule has 2 aromatic carbocycles. The Morgan fingerprint density at radius 1 is 1.23 bits per heavy atom. The van der Waals surface area contributed by atoms with E-state index in [4.69, 9.17) is 9.47 Å². The van der Waals surface area contributed by atoms with Gasteiger partial charge < -0.3 is 9.47 Å². The van der Waals surface area contributed by atoms with Crippen molar-refractivity contribution >= 4 is 28.5 Å². The summed E-state index contributed by atoms with van der Waals surface area (Å²) < 4.78 is 10.7. The van der Waals surface area contributed by atoms with Gasteiger partial charge >= 0.3 is 0 Å². The zero-order valence-electron chi connectivity index (χ0n) is 16.9. The molecular formula is C23H21N3O3S. The van der Waals surface area contributed by atoms with Gasteiger partial charge in [0.15, 0.2) is 5.13 Å². The van der Waals surface area contributed by atoms with Gasteiger partial charge in [-0.25, -0.2) is 4.98 Å². The predicted molar refractivity (Wildman–Crippen MR) is 119 cm³/mol. The number of anilines is 1. The molecule has 0 bridgehead atoms. The van der Waals surface area contributed by atoms with Crippen LogP contribution in [0.15, 0.2) is 54.1 Å². The number of benzene rings is 2. The highest BCUT2D eigenvalue weighted by atomic mass is 32.1. The number of aryl methyl sites for hydroxylation is 1. The summed E-state index contributed by atoms with van der Waals surface area (Å²) >= 11 is 1.36. The minimum absolute atomic E-state index is 0.0324. The molecule has 7 heteroatoms. The summed E-state index contributed by atoms with van der Waals surface area (Å²) in [5.41, 5.74) is 2.33. The third-order valence-electron chi connectivity index (χ3n) is 4.26. The second-order valence-corrected chi connectivity index (χ2v) is 7.45. The van der Waals surface area contributed by atoms with E-state index >= 15 is 0 Å². The fourth-order valence-corrected chi connectivity index (χ4v) is 3.68. The minimum Gasteiger partial charge on any atom is -0.496 e. The van der Waals surface area contributed by atoms with Gasteiger partial charge in [-0.15, -0.1) is 11.3 Å². The van der Waals surface area contributed by atoms with Crippen LogP contribution in [0.3, 0.4) is 0 Å². The summed E-state index contributed by atoms with van der Waals surface area (Å²) in [4.78, 5) is 18.1. The molecule has 1 N–H and O–H groups in total. The molecule has 1 aromatic heterocycles. The van der Waals surface area contributed by atoms with Crippen molar-refractivity contribution in [3.05, 3.63) is 64.5 Å². The molecule has 30 heavy (non-hydrogen) atoms. The molecule has 0 aliphatic rings. The van der Waals surface area contributed by atoms with Crippen LogP contribution in [0.4, 0.5) is 5.13 Å². The van der Waals surface area contributed by atoms with Crippen LogP contribution in [0.25, 0.3) is 17.3 Å². The van der Waals surface area contributed by atoms with Crippen molar-refractivity contribution in [3.63, 3.8) is 0 Å². The first kappa shape index (κ1) is 21.1. The quantitative estimate of drug-likeness (QED) is 0.427. The van der Waals surface area contributed by atoms with E-state index in [0.717, 1.165) is 21.9 Å². The van der Waals surface area contributed by atoms with Gasteiger partial charge in [0.2, 0.25) is 0 Å². The molecular weight excluding hydrogens is 398 g/mol. The van der Waals surface area contributed by atoms with E-state index in [2.05, 4.69) is 10.3 Å². The number of aromatic nitrogens is 1. The predicted octanol–water partition coefficient (Wildman–Crippen LogP) is 5.07. The van der Waals surface area contributed by atoms with Crippen molar-refractivity contribution in [2.24, 2.45) is 0 Å². The number of hydrogen-bond acceptors (Lipinski definition) is 6. The number of rotatable bonds is 7. The Morgan fingerprint density at radius 2 is 1.97 bits per heavy atom. The fourth-order valence-electron chi connectivity index (χ4n) is 2.85. The highest BCUT2D eigenvalue weighted by Gasteiger charge is 2.15. The lowest BCUT2D eigenvalue weighted by Gasteiger charge is -2.05. The summed E-state index contributed by atoms with van der Waals surface area (Å²) in [7, 11) is 1.54. The van der Waals surface area contributed by atoms with Crippen molar-refractivity contribution in [1.29, 1.82) is 5.26 Å². The maximum atomic E-state index is 12.6. The lowest BCUT2D eigenvalue weighted by Crippen LogP contribution is -2.13. The summed E-state index contributed by atoms with van der Waals surface area (Å²) in [6.07, 6.45) is 1.50. The number of thiazole rings is 1. The Balaban J connectivity index is 1.80. The Hall–Kier alpha value is -3.63. The molecule has 0 unspecified atom stereocenters. The van der Waals surface area contributed by atoms with Crippen LogP contribution in [0.2, 0.25) is 0 Å². The average molecular weight is 420 g/mol. The van der Waals surface area contributed by atoms with Crippen molar-refractivity contribution in [2.75, 3.05) is 19.0 Å². The van der Waals surface area contributed by atoms with E-state index in [0.29, 0.717) is 23.1 Å². The van der Waals surface area contributed by atoms with E-state index in [1.54, 1.807) is 19.2 Å². The smallest absolute Gasteiger partial charge is 0.268 e. The Labute approximate surface area is 179 Å². The van der Waals surface area contributed by atoms with E-state index in [1.165, 1.54) is 17.4 Å². The Bertz CT molecular complexity index is 1110. The summed E-state index contributed by atoms with van der Waals surface area (Å²) in [5, 5.41) is 12.6. The van der Waals surface area contributed by atoms with Gasteiger partial charge in [0.1, 0.15) is 23.1 Å². The molecule has 0 aliphatic heterocycles. The van der Waals surface area contributed by atoms with Gasteiger partial charge in [0.25, 0.3) is 5.91 Å². The summed E-state index contributed by atoms with van der Waals surface area (Å²) in [6.45, 7) is 4.48. The molecule has 0 saturated heterocycles. The number of hydrogen-bond donors (Lipinski definition) is 1. The van der Waals surface area contributed by atoms with Crippen LogP contribution in [-0.4, -0.2) is 24.6 Å². The number of carbonyl (C=O) groups is 1. The SMILES string of the molecule is CCOc1ccc(-c2nc(NC(=O)/C(C#N)=C/c3ccccc3OC)sc2C)cc1. The molecule has 0 aliphatic carbocycles. The first-order valence-corrected chi connectivity index (χ1v) is 10.1. The zero-order valence-corrected chi connectivity index (χ0v) is 17.7. The number of para-hydroxylation sites is 1. The van der Waals surface area contributed by atoms with Crippen LogP contribution < -0.4 is 14.8 Å². The first-order valence-electron chi connectivity index (χ1n) is 9.32. The summed E-state index contributed by atoms with van der Waals surface area (Å²) in [5.74, 6) is 0.860. The van der Waals surface area contributed by atoms with Crippen molar-refractivity contribution < 1.29 is 14.3 Å². The van der Waals surface area contributed by atoms with Crippen molar-refractivity contribution in [2.45, 2.75) is 13.8 Å². The van der Waals surface area contributed by atoms with Gasteiger partial charge in [0, 0.05) is 16.0 Å². The van der Waals surface area contributed by atoms with Crippen LogP contribution in [-0.2, 0) is 4.79 Å². The highest BCUT2D eigenvalue weighted by molar-refractivity contribution is 7.16. The number of amides is 1. The molecule has 1 heterocycles. The van der Waals surface area contributed by atoms with E-state index in [1.807, 2.05) is 56.3 Å².